The van der Waals surface area contributed by atoms with Crippen molar-refractivity contribution in [3.8, 4) is 6.07 Å². The molecule has 3 heterocycles. The SMILES string of the molecule is CNS(=O)(=O)c1cccc([C@H](C)N2C(=O)[C@@H]3C[C@H]2CN3C[C@H](NC(=O)OC(C)(C)C)C(=O)N2CCC[C@H]2C#N)c1. The van der Waals surface area contributed by atoms with Crippen LogP contribution in [0.15, 0.2) is 29.2 Å². The molecule has 3 aliphatic rings. The molecule has 2 N–H and O–H groups in total. The van der Waals surface area contributed by atoms with Gasteiger partial charge in [0.1, 0.15) is 17.7 Å². The van der Waals surface area contributed by atoms with Crippen LogP contribution < -0.4 is 10.0 Å². The average molecular weight is 575 g/mol. The highest BCUT2D eigenvalue weighted by atomic mass is 32.2. The molecule has 12 nitrogen and oxygen atoms in total. The first-order valence-corrected chi connectivity index (χ1v) is 15.0. The van der Waals surface area contributed by atoms with Crippen LogP contribution in [0.3, 0.4) is 0 Å². The average Bonchev–Trinajstić information content (AvgIpc) is 3.61. The quantitative estimate of drug-likeness (QED) is 0.472. The smallest absolute Gasteiger partial charge is 0.408 e. The molecule has 1 aromatic rings. The fraction of sp³-hybridized carbons (Fsp3) is 0.630. The summed E-state index contributed by atoms with van der Waals surface area (Å²) in [4.78, 5) is 45.0. The van der Waals surface area contributed by atoms with Crippen molar-refractivity contribution in [3.63, 3.8) is 0 Å². The Balaban J connectivity index is 1.50. The van der Waals surface area contributed by atoms with Crippen molar-refractivity contribution in [2.24, 2.45) is 0 Å². The fourth-order valence-electron chi connectivity index (χ4n) is 5.85. The number of piperazine rings is 1. The number of nitrogens with zero attached hydrogens (tertiary/aromatic N) is 4. The lowest BCUT2D eigenvalue weighted by Gasteiger charge is -2.39. The molecule has 3 fully saturated rings. The highest BCUT2D eigenvalue weighted by Gasteiger charge is 2.52. The summed E-state index contributed by atoms with van der Waals surface area (Å²) >= 11 is 0. The lowest BCUT2D eigenvalue weighted by atomic mass is 10.1. The zero-order valence-corrected chi connectivity index (χ0v) is 24.4. The Morgan fingerprint density at radius 3 is 2.62 bits per heavy atom. The van der Waals surface area contributed by atoms with Gasteiger partial charge in [0.05, 0.1) is 23.0 Å². The Labute approximate surface area is 235 Å². The van der Waals surface area contributed by atoms with Crippen molar-refractivity contribution in [2.75, 3.05) is 26.7 Å². The molecule has 0 spiro atoms. The van der Waals surface area contributed by atoms with Crippen molar-refractivity contribution in [1.82, 2.24) is 24.7 Å². The van der Waals surface area contributed by atoms with Crippen LogP contribution >= 0.6 is 0 Å². The predicted molar refractivity (Wildman–Crippen MR) is 145 cm³/mol. The number of likely N-dealkylation sites (tertiary alicyclic amines) is 3. The van der Waals surface area contributed by atoms with Gasteiger partial charge in [-0.05, 0) is 71.7 Å². The van der Waals surface area contributed by atoms with Crippen LogP contribution in [0.25, 0.3) is 0 Å². The van der Waals surface area contributed by atoms with E-state index in [2.05, 4.69) is 16.1 Å². The number of carbonyl (C=O) groups is 3. The maximum Gasteiger partial charge on any atom is 0.408 e. The first kappa shape index (κ1) is 29.8. The largest absolute Gasteiger partial charge is 0.444 e. The second-order valence-corrected chi connectivity index (χ2v) is 13.5. The van der Waals surface area contributed by atoms with Crippen LogP contribution in [0.2, 0.25) is 0 Å². The highest BCUT2D eigenvalue weighted by Crippen LogP contribution is 2.38. The highest BCUT2D eigenvalue weighted by molar-refractivity contribution is 7.89. The Hall–Kier alpha value is -3.21. The number of hydrogen-bond donors (Lipinski definition) is 2. The summed E-state index contributed by atoms with van der Waals surface area (Å²) in [6, 6.07) is 6.22. The summed E-state index contributed by atoms with van der Waals surface area (Å²) in [5.41, 5.74) is -0.0519. The number of rotatable bonds is 8. The molecule has 5 atom stereocenters. The Kier molecular flexibility index (Phi) is 8.44. The van der Waals surface area contributed by atoms with E-state index in [4.69, 9.17) is 4.74 Å². The van der Waals surface area contributed by atoms with Crippen molar-refractivity contribution in [1.29, 1.82) is 5.26 Å². The minimum absolute atomic E-state index is 0.106. The molecule has 40 heavy (non-hydrogen) atoms. The van der Waals surface area contributed by atoms with E-state index in [1.54, 1.807) is 43.9 Å². The predicted octanol–water partition coefficient (Wildman–Crippen LogP) is 1.35. The first-order valence-electron chi connectivity index (χ1n) is 13.5. The fourth-order valence-corrected chi connectivity index (χ4v) is 6.64. The molecule has 0 saturated carbocycles. The number of carbonyl (C=O) groups excluding carboxylic acids is 3. The van der Waals surface area contributed by atoms with Crippen molar-refractivity contribution in [3.05, 3.63) is 29.8 Å². The number of alkyl carbamates (subject to hydrolysis) is 1. The van der Waals surface area contributed by atoms with Gasteiger partial charge in [-0.15, -0.1) is 0 Å². The Morgan fingerprint density at radius 1 is 1.27 bits per heavy atom. The van der Waals surface area contributed by atoms with Crippen LogP contribution in [0.5, 0.6) is 0 Å². The third-order valence-corrected chi connectivity index (χ3v) is 9.15. The van der Waals surface area contributed by atoms with E-state index in [0.717, 1.165) is 0 Å². The number of ether oxygens (including phenoxy) is 1. The van der Waals surface area contributed by atoms with Gasteiger partial charge in [-0.3, -0.25) is 14.5 Å². The van der Waals surface area contributed by atoms with Crippen LogP contribution in [0.4, 0.5) is 4.79 Å². The standard InChI is InChI=1S/C27H38N6O6S/c1-17(18-8-6-10-21(12-18)40(37,38)29-5)33-20-13-23(25(33)35)31(15-20)16-22(30-26(36)39-27(2,3)4)24(34)32-11-7-9-19(32)14-28/h6,8,10,12,17,19-20,22-23,29H,7,9,11,13,15-16H2,1-5H3,(H,30,36)/t17-,19-,20-,22-,23-/m0/s1. The molecule has 13 heteroatoms. The molecule has 2 bridgehead atoms. The summed E-state index contributed by atoms with van der Waals surface area (Å²) in [5.74, 6) is -0.469. The molecule has 0 radical (unpaired) electrons. The molecule has 0 aromatic heterocycles. The molecular formula is C27H38N6O6S. The third kappa shape index (κ3) is 6.09. The van der Waals surface area contributed by atoms with E-state index in [9.17, 15) is 28.1 Å². The molecule has 3 amide bonds. The lowest BCUT2D eigenvalue weighted by molar-refractivity contribution is -0.141. The van der Waals surface area contributed by atoms with Gasteiger partial charge in [0.25, 0.3) is 0 Å². The zero-order chi connectivity index (χ0) is 29.4. The minimum Gasteiger partial charge on any atom is -0.444 e. The van der Waals surface area contributed by atoms with E-state index in [1.807, 2.05) is 11.8 Å². The number of nitriles is 1. The zero-order valence-electron chi connectivity index (χ0n) is 23.6. The number of fused-ring (bicyclic) bond motifs is 2. The molecule has 4 rings (SSSR count). The molecule has 0 aliphatic carbocycles. The maximum atomic E-state index is 13.5. The van der Waals surface area contributed by atoms with E-state index in [1.165, 1.54) is 18.0 Å². The maximum absolute atomic E-state index is 13.5. The van der Waals surface area contributed by atoms with Gasteiger partial charge in [0, 0.05) is 25.7 Å². The lowest BCUT2D eigenvalue weighted by Crippen LogP contribution is -2.59. The molecule has 3 saturated heterocycles. The number of hydrogen-bond acceptors (Lipinski definition) is 8. The number of benzene rings is 1. The van der Waals surface area contributed by atoms with Crippen LogP contribution in [0, 0.1) is 11.3 Å². The summed E-state index contributed by atoms with van der Waals surface area (Å²) in [5, 5.41) is 12.2. The topological polar surface area (TPSA) is 152 Å². The molecule has 0 unspecified atom stereocenters. The first-order chi connectivity index (χ1) is 18.8. The van der Waals surface area contributed by atoms with E-state index in [-0.39, 0.29) is 35.3 Å². The van der Waals surface area contributed by atoms with Gasteiger partial charge in [-0.2, -0.15) is 5.26 Å². The van der Waals surface area contributed by atoms with Crippen LogP contribution in [-0.2, 0) is 24.3 Å². The normalized spacial score (nSPS) is 24.6. The van der Waals surface area contributed by atoms with E-state index < -0.39 is 39.8 Å². The van der Waals surface area contributed by atoms with Gasteiger partial charge in [-0.25, -0.2) is 17.9 Å². The Morgan fingerprint density at radius 2 is 2.00 bits per heavy atom. The second kappa shape index (κ2) is 11.3. The number of amides is 3. The molecule has 1 aromatic carbocycles. The summed E-state index contributed by atoms with van der Waals surface area (Å²) in [6.45, 7) is 8.10. The Bertz CT molecular complexity index is 1310. The van der Waals surface area contributed by atoms with Gasteiger partial charge < -0.3 is 19.9 Å². The van der Waals surface area contributed by atoms with E-state index >= 15 is 0 Å². The summed E-state index contributed by atoms with van der Waals surface area (Å²) < 4.78 is 32.3. The number of sulfonamides is 1. The molecule has 3 aliphatic heterocycles. The molecule has 218 valence electrons. The minimum atomic E-state index is -3.63. The van der Waals surface area contributed by atoms with Crippen molar-refractivity contribution >= 4 is 27.9 Å². The third-order valence-electron chi connectivity index (χ3n) is 7.74. The van der Waals surface area contributed by atoms with Gasteiger partial charge in [0.2, 0.25) is 21.8 Å². The summed E-state index contributed by atoms with van der Waals surface area (Å²) in [6.07, 6.45) is 1.12. The van der Waals surface area contributed by atoms with E-state index in [0.29, 0.717) is 37.9 Å². The van der Waals surface area contributed by atoms with Crippen LogP contribution in [-0.4, -0.2) is 97.5 Å². The monoisotopic (exact) mass is 574 g/mol. The van der Waals surface area contributed by atoms with Gasteiger partial charge in [0.15, 0.2) is 0 Å². The van der Waals surface area contributed by atoms with Crippen molar-refractivity contribution in [2.45, 2.75) is 87.7 Å². The summed E-state index contributed by atoms with van der Waals surface area (Å²) in [7, 11) is -2.28. The molecular weight excluding hydrogens is 536 g/mol. The second-order valence-electron chi connectivity index (χ2n) is 11.6. The number of nitrogens with one attached hydrogen (secondary N) is 2. The van der Waals surface area contributed by atoms with Crippen molar-refractivity contribution < 1.29 is 27.5 Å². The van der Waals surface area contributed by atoms with Crippen LogP contribution in [0.1, 0.15) is 58.6 Å². The van der Waals surface area contributed by atoms with Gasteiger partial charge >= 0.3 is 6.09 Å². The van der Waals surface area contributed by atoms with Gasteiger partial charge in [-0.1, -0.05) is 12.1 Å².